The van der Waals surface area contributed by atoms with Gasteiger partial charge in [0.25, 0.3) is 0 Å². The van der Waals surface area contributed by atoms with Gasteiger partial charge >= 0.3 is 5.97 Å². The molecule has 2 aromatic rings. The smallest absolute Gasteiger partial charge is 0.341 e. The first-order valence-electron chi connectivity index (χ1n) is 9.46. The summed E-state index contributed by atoms with van der Waals surface area (Å²) in [4.78, 5) is 37.3. The van der Waals surface area contributed by atoms with Crippen molar-refractivity contribution in [2.75, 3.05) is 17.2 Å². The first kappa shape index (κ1) is 20.1. The molecule has 0 bridgehead atoms. The molecule has 1 aromatic heterocycles. The van der Waals surface area contributed by atoms with Gasteiger partial charge in [0.2, 0.25) is 11.8 Å². The molecule has 0 atom stereocenters. The van der Waals surface area contributed by atoms with Crippen molar-refractivity contribution in [2.45, 2.75) is 46.0 Å². The van der Waals surface area contributed by atoms with Gasteiger partial charge in [-0.3, -0.25) is 9.59 Å². The molecule has 1 heterocycles. The van der Waals surface area contributed by atoms with Crippen LogP contribution in [0.25, 0.3) is 0 Å². The van der Waals surface area contributed by atoms with Crippen LogP contribution in [0.4, 0.5) is 10.7 Å². The van der Waals surface area contributed by atoms with Crippen molar-refractivity contribution in [3.63, 3.8) is 0 Å². The zero-order chi connectivity index (χ0) is 20.1. The van der Waals surface area contributed by atoms with Crippen molar-refractivity contribution in [1.29, 1.82) is 0 Å². The molecule has 0 aliphatic heterocycles. The van der Waals surface area contributed by atoms with Gasteiger partial charge in [-0.2, -0.15) is 0 Å². The van der Waals surface area contributed by atoms with E-state index in [1.165, 1.54) is 23.1 Å². The van der Waals surface area contributed by atoms with Crippen LogP contribution in [0.3, 0.4) is 0 Å². The molecular weight excluding hydrogens is 376 g/mol. The second kappa shape index (κ2) is 9.01. The Morgan fingerprint density at radius 2 is 1.79 bits per heavy atom. The fourth-order valence-electron chi connectivity index (χ4n) is 3.34. The van der Waals surface area contributed by atoms with E-state index in [0.29, 0.717) is 22.9 Å². The highest BCUT2D eigenvalue weighted by Crippen LogP contribution is 2.38. The third-order valence-electron chi connectivity index (χ3n) is 4.54. The molecule has 1 aliphatic rings. The largest absolute Gasteiger partial charge is 0.462 e. The molecule has 3 rings (SSSR count). The van der Waals surface area contributed by atoms with Gasteiger partial charge in [0, 0.05) is 17.5 Å². The monoisotopic (exact) mass is 400 g/mol. The van der Waals surface area contributed by atoms with Crippen LogP contribution in [-0.4, -0.2) is 24.4 Å². The molecule has 1 aromatic carbocycles. The van der Waals surface area contributed by atoms with Crippen molar-refractivity contribution in [3.05, 3.63) is 45.8 Å². The molecule has 0 unspecified atom stereocenters. The fourth-order valence-corrected chi connectivity index (χ4v) is 4.63. The quantitative estimate of drug-likeness (QED) is 0.719. The van der Waals surface area contributed by atoms with Crippen molar-refractivity contribution >= 4 is 39.8 Å². The number of amides is 2. The zero-order valence-electron chi connectivity index (χ0n) is 16.1. The van der Waals surface area contributed by atoms with E-state index in [9.17, 15) is 14.4 Å². The number of aryl methyl sites for hydroxylation is 1. The number of nitrogens with one attached hydrogen (secondary N) is 2. The average Bonchev–Trinajstić information content (AvgIpc) is 3.00. The third kappa shape index (κ3) is 4.78. The van der Waals surface area contributed by atoms with Gasteiger partial charge in [-0.05, 0) is 55.9 Å². The van der Waals surface area contributed by atoms with E-state index in [-0.39, 0.29) is 24.2 Å². The van der Waals surface area contributed by atoms with Gasteiger partial charge < -0.3 is 15.4 Å². The van der Waals surface area contributed by atoms with Crippen molar-refractivity contribution in [3.8, 4) is 0 Å². The number of carbonyl (C=O) groups excluding carboxylic acids is 3. The first-order valence-corrected chi connectivity index (χ1v) is 10.3. The number of hydrogen-bond acceptors (Lipinski definition) is 5. The van der Waals surface area contributed by atoms with E-state index in [4.69, 9.17) is 4.74 Å². The van der Waals surface area contributed by atoms with E-state index in [1.807, 2.05) is 0 Å². The first-order chi connectivity index (χ1) is 13.5. The summed E-state index contributed by atoms with van der Waals surface area (Å²) in [5.41, 5.74) is 3.07. The molecule has 0 saturated carbocycles. The molecule has 2 amide bonds. The molecule has 7 heteroatoms. The fraction of sp³-hybridized carbons (Fsp3) is 0.381. The maximum atomic E-state index is 12.6. The number of hydrogen-bond donors (Lipinski definition) is 2. The molecule has 0 radical (unpaired) electrons. The van der Waals surface area contributed by atoms with E-state index >= 15 is 0 Å². The van der Waals surface area contributed by atoms with E-state index in [0.717, 1.165) is 36.8 Å². The Kier molecular flexibility index (Phi) is 6.46. The van der Waals surface area contributed by atoms with Crippen molar-refractivity contribution < 1.29 is 19.1 Å². The van der Waals surface area contributed by atoms with Crippen LogP contribution in [0.2, 0.25) is 0 Å². The van der Waals surface area contributed by atoms with Crippen LogP contribution in [0.1, 0.15) is 53.1 Å². The Hall–Kier alpha value is -2.67. The SMILES string of the molecule is CCOC(=O)c1c(NC(=O)Cc2ccc(NC(C)=O)cc2)sc2c1CCCC2. The number of anilines is 2. The highest BCUT2D eigenvalue weighted by molar-refractivity contribution is 7.17. The minimum Gasteiger partial charge on any atom is -0.462 e. The summed E-state index contributed by atoms with van der Waals surface area (Å²) in [6, 6.07) is 7.13. The number of fused-ring (bicyclic) bond motifs is 1. The number of ether oxygens (including phenoxy) is 1. The van der Waals surface area contributed by atoms with Crippen LogP contribution in [0.15, 0.2) is 24.3 Å². The Bertz CT molecular complexity index is 887. The molecule has 28 heavy (non-hydrogen) atoms. The van der Waals surface area contributed by atoms with E-state index < -0.39 is 0 Å². The lowest BCUT2D eigenvalue weighted by atomic mass is 9.95. The normalized spacial score (nSPS) is 12.8. The topological polar surface area (TPSA) is 84.5 Å². The zero-order valence-corrected chi connectivity index (χ0v) is 16.9. The molecule has 148 valence electrons. The highest BCUT2D eigenvalue weighted by Gasteiger charge is 2.27. The van der Waals surface area contributed by atoms with Gasteiger partial charge in [-0.15, -0.1) is 11.3 Å². The standard InChI is InChI=1S/C21H24N2O4S/c1-3-27-21(26)19-16-6-4-5-7-17(16)28-20(19)23-18(25)12-14-8-10-15(11-9-14)22-13(2)24/h8-11H,3-7,12H2,1-2H3,(H,22,24)(H,23,25). The minimum atomic E-state index is -0.364. The highest BCUT2D eigenvalue weighted by atomic mass is 32.1. The van der Waals surface area contributed by atoms with Gasteiger partial charge in [-0.1, -0.05) is 12.1 Å². The van der Waals surface area contributed by atoms with Crippen molar-refractivity contribution in [2.24, 2.45) is 0 Å². The molecule has 2 N–H and O–H groups in total. The minimum absolute atomic E-state index is 0.140. The lowest BCUT2D eigenvalue weighted by molar-refractivity contribution is -0.116. The van der Waals surface area contributed by atoms with Crippen LogP contribution >= 0.6 is 11.3 Å². The summed E-state index contributed by atoms with van der Waals surface area (Å²) < 4.78 is 5.22. The lowest BCUT2D eigenvalue weighted by Gasteiger charge is -2.12. The second-order valence-corrected chi connectivity index (χ2v) is 7.84. The summed E-state index contributed by atoms with van der Waals surface area (Å²) >= 11 is 1.48. The van der Waals surface area contributed by atoms with Crippen LogP contribution in [0.5, 0.6) is 0 Å². The summed E-state index contributed by atoms with van der Waals surface area (Å²) in [7, 11) is 0. The third-order valence-corrected chi connectivity index (χ3v) is 5.75. The summed E-state index contributed by atoms with van der Waals surface area (Å²) in [5.74, 6) is -0.688. The number of carbonyl (C=O) groups is 3. The van der Waals surface area contributed by atoms with Gasteiger partial charge in [0.15, 0.2) is 0 Å². The summed E-state index contributed by atoms with van der Waals surface area (Å²) in [6.45, 7) is 3.53. The van der Waals surface area contributed by atoms with Crippen LogP contribution in [-0.2, 0) is 33.6 Å². The van der Waals surface area contributed by atoms with Crippen molar-refractivity contribution in [1.82, 2.24) is 0 Å². The van der Waals surface area contributed by atoms with E-state index in [1.54, 1.807) is 31.2 Å². The Balaban J connectivity index is 1.73. The predicted molar refractivity (Wildman–Crippen MR) is 110 cm³/mol. The summed E-state index contributed by atoms with van der Waals surface area (Å²) in [5, 5.41) is 6.20. The maximum absolute atomic E-state index is 12.6. The van der Waals surface area contributed by atoms with Gasteiger partial charge in [-0.25, -0.2) is 4.79 Å². The van der Waals surface area contributed by atoms with E-state index in [2.05, 4.69) is 10.6 Å². The summed E-state index contributed by atoms with van der Waals surface area (Å²) in [6.07, 6.45) is 4.12. The number of esters is 1. The Morgan fingerprint density at radius 1 is 1.07 bits per heavy atom. The number of benzene rings is 1. The van der Waals surface area contributed by atoms with Crippen LogP contribution in [0, 0.1) is 0 Å². The molecule has 6 nitrogen and oxygen atoms in total. The Morgan fingerprint density at radius 3 is 2.46 bits per heavy atom. The Labute approximate surface area is 168 Å². The average molecular weight is 401 g/mol. The number of thiophene rings is 1. The molecule has 1 aliphatic carbocycles. The van der Waals surface area contributed by atoms with Gasteiger partial charge in [0.1, 0.15) is 5.00 Å². The molecular formula is C21H24N2O4S. The van der Waals surface area contributed by atoms with Gasteiger partial charge in [0.05, 0.1) is 18.6 Å². The molecule has 0 spiro atoms. The van der Waals surface area contributed by atoms with Crippen LogP contribution < -0.4 is 10.6 Å². The molecule has 0 fully saturated rings. The second-order valence-electron chi connectivity index (χ2n) is 6.74. The molecule has 0 saturated heterocycles. The lowest BCUT2D eigenvalue weighted by Crippen LogP contribution is -2.17. The predicted octanol–water partition coefficient (Wildman–Crippen LogP) is 3.94. The number of rotatable bonds is 6. The maximum Gasteiger partial charge on any atom is 0.341 e.